The summed E-state index contributed by atoms with van der Waals surface area (Å²) >= 11 is 5.55. The quantitative estimate of drug-likeness (QED) is 0.600. The topological polar surface area (TPSA) is 29.1 Å². The fraction of sp³-hybridized carbons (Fsp3) is 0.462. The lowest BCUT2D eigenvalue weighted by atomic mass is 10.1. The van der Waals surface area contributed by atoms with E-state index in [1.165, 1.54) is 5.56 Å². The number of carbonyl (C=O) groups excluding carboxylic acids is 1. The minimum absolute atomic E-state index is 0.0819. The molecule has 0 aliphatic heterocycles. The van der Waals surface area contributed by atoms with Gasteiger partial charge < -0.3 is 5.32 Å². The van der Waals surface area contributed by atoms with Crippen LogP contribution in [0, 0.1) is 6.92 Å². The van der Waals surface area contributed by atoms with E-state index in [2.05, 4.69) is 5.32 Å². The lowest BCUT2D eigenvalue weighted by molar-refractivity contribution is -0.120. The number of unbranched alkanes of at least 4 members (excludes halogenated alkanes) is 1. The molecular formula is C13H18ClNO. The van der Waals surface area contributed by atoms with Gasteiger partial charge in [-0.05, 0) is 25.3 Å². The van der Waals surface area contributed by atoms with E-state index < -0.39 is 0 Å². The lowest BCUT2D eigenvalue weighted by Crippen LogP contribution is -2.26. The van der Waals surface area contributed by atoms with Crippen LogP contribution in [0.1, 0.15) is 24.0 Å². The molecule has 1 rings (SSSR count). The Balaban J connectivity index is 2.26. The molecule has 0 aromatic heterocycles. The molecule has 0 saturated carbocycles. The van der Waals surface area contributed by atoms with Gasteiger partial charge in [0.25, 0.3) is 0 Å². The zero-order chi connectivity index (χ0) is 11.8. The zero-order valence-corrected chi connectivity index (χ0v) is 10.4. The van der Waals surface area contributed by atoms with E-state index in [9.17, 15) is 4.79 Å². The van der Waals surface area contributed by atoms with E-state index in [0.717, 1.165) is 24.9 Å². The predicted octanol–water partition coefficient (Wildman–Crippen LogP) is 2.67. The van der Waals surface area contributed by atoms with E-state index in [4.69, 9.17) is 11.6 Å². The van der Waals surface area contributed by atoms with Crippen LogP contribution in [0.5, 0.6) is 0 Å². The first-order valence-electron chi connectivity index (χ1n) is 5.60. The molecule has 3 heteroatoms. The Morgan fingerprint density at radius 3 is 2.56 bits per heavy atom. The maximum atomic E-state index is 11.5. The van der Waals surface area contributed by atoms with Gasteiger partial charge in [-0.1, -0.05) is 29.8 Å². The first-order chi connectivity index (χ1) is 7.72. The average molecular weight is 240 g/mol. The summed E-state index contributed by atoms with van der Waals surface area (Å²) in [7, 11) is 0. The van der Waals surface area contributed by atoms with Gasteiger partial charge in [0.1, 0.15) is 0 Å². The number of benzene rings is 1. The van der Waals surface area contributed by atoms with Gasteiger partial charge in [0.15, 0.2) is 0 Å². The molecular weight excluding hydrogens is 222 g/mol. The molecule has 0 spiro atoms. The molecule has 0 unspecified atom stereocenters. The van der Waals surface area contributed by atoms with E-state index in [1.54, 1.807) is 0 Å². The Morgan fingerprint density at radius 2 is 1.94 bits per heavy atom. The van der Waals surface area contributed by atoms with Gasteiger partial charge in [0, 0.05) is 12.4 Å². The molecule has 1 aromatic rings. The highest BCUT2D eigenvalue weighted by atomic mass is 35.5. The van der Waals surface area contributed by atoms with Crippen LogP contribution in [0.2, 0.25) is 0 Å². The third-order valence-corrected chi connectivity index (χ3v) is 2.64. The number of rotatable bonds is 6. The van der Waals surface area contributed by atoms with Crippen LogP contribution in [0.25, 0.3) is 0 Å². The molecule has 0 aliphatic rings. The molecule has 0 radical (unpaired) electrons. The second kappa shape index (κ2) is 7.29. The molecule has 0 saturated heterocycles. The lowest BCUT2D eigenvalue weighted by Gasteiger charge is -2.04. The molecule has 0 atom stereocenters. The van der Waals surface area contributed by atoms with E-state index >= 15 is 0 Å². The van der Waals surface area contributed by atoms with Crippen molar-refractivity contribution in [3.63, 3.8) is 0 Å². The number of hydrogen-bond donors (Lipinski definition) is 1. The van der Waals surface area contributed by atoms with Gasteiger partial charge in [0.2, 0.25) is 5.91 Å². The van der Waals surface area contributed by atoms with Gasteiger partial charge in [-0.15, -0.1) is 11.6 Å². The number of carbonyl (C=O) groups is 1. The van der Waals surface area contributed by atoms with Crippen molar-refractivity contribution in [2.75, 3.05) is 12.4 Å². The Kier molecular flexibility index (Phi) is 5.94. The summed E-state index contributed by atoms with van der Waals surface area (Å²) in [6.07, 6.45) is 2.36. The van der Waals surface area contributed by atoms with Crippen molar-refractivity contribution in [2.45, 2.75) is 26.2 Å². The smallest absolute Gasteiger partial charge is 0.224 e. The van der Waals surface area contributed by atoms with Gasteiger partial charge in [-0.2, -0.15) is 0 Å². The van der Waals surface area contributed by atoms with Crippen LogP contribution in [0.15, 0.2) is 24.3 Å². The maximum Gasteiger partial charge on any atom is 0.224 e. The van der Waals surface area contributed by atoms with Gasteiger partial charge in [0.05, 0.1) is 6.42 Å². The van der Waals surface area contributed by atoms with E-state index in [1.807, 2.05) is 31.2 Å². The third-order valence-electron chi connectivity index (χ3n) is 2.37. The Morgan fingerprint density at radius 1 is 1.25 bits per heavy atom. The van der Waals surface area contributed by atoms with Crippen molar-refractivity contribution in [1.82, 2.24) is 5.32 Å². The summed E-state index contributed by atoms with van der Waals surface area (Å²) in [6, 6.07) is 8.04. The number of hydrogen-bond acceptors (Lipinski definition) is 1. The van der Waals surface area contributed by atoms with Crippen molar-refractivity contribution in [3.8, 4) is 0 Å². The Hall–Kier alpha value is -1.02. The number of amides is 1. The SMILES string of the molecule is Cc1ccc(CC(=O)NCCCCCl)cc1. The van der Waals surface area contributed by atoms with Crippen LogP contribution in [0.3, 0.4) is 0 Å². The second-order valence-electron chi connectivity index (χ2n) is 3.91. The minimum Gasteiger partial charge on any atom is -0.356 e. The third kappa shape index (κ3) is 5.17. The fourth-order valence-electron chi connectivity index (χ4n) is 1.40. The molecule has 88 valence electrons. The maximum absolute atomic E-state index is 11.5. The molecule has 1 amide bonds. The standard InChI is InChI=1S/C13H18ClNO/c1-11-4-6-12(7-5-11)10-13(16)15-9-3-2-8-14/h4-7H,2-3,8-10H2,1H3,(H,15,16). The highest BCUT2D eigenvalue weighted by Gasteiger charge is 2.01. The van der Waals surface area contributed by atoms with E-state index in [0.29, 0.717) is 12.3 Å². The highest BCUT2D eigenvalue weighted by molar-refractivity contribution is 6.17. The number of alkyl halides is 1. The molecule has 0 bridgehead atoms. The largest absolute Gasteiger partial charge is 0.356 e. The highest BCUT2D eigenvalue weighted by Crippen LogP contribution is 2.03. The number of aryl methyl sites for hydroxylation is 1. The fourth-order valence-corrected chi connectivity index (χ4v) is 1.59. The normalized spacial score (nSPS) is 10.1. The molecule has 0 fully saturated rings. The van der Waals surface area contributed by atoms with Crippen LogP contribution in [-0.4, -0.2) is 18.3 Å². The van der Waals surface area contributed by atoms with Crippen molar-refractivity contribution in [2.24, 2.45) is 0 Å². The molecule has 1 N–H and O–H groups in total. The van der Waals surface area contributed by atoms with Crippen LogP contribution in [0.4, 0.5) is 0 Å². The summed E-state index contributed by atoms with van der Waals surface area (Å²) < 4.78 is 0. The Bertz CT molecular complexity index is 321. The van der Waals surface area contributed by atoms with Gasteiger partial charge in [-0.25, -0.2) is 0 Å². The molecule has 0 aliphatic carbocycles. The van der Waals surface area contributed by atoms with Crippen molar-refractivity contribution in [3.05, 3.63) is 35.4 Å². The van der Waals surface area contributed by atoms with E-state index in [-0.39, 0.29) is 5.91 Å². The summed E-state index contributed by atoms with van der Waals surface area (Å²) in [4.78, 5) is 11.5. The first-order valence-corrected chi connectivity index (χ1v) is 6.14. The minimum atomic E-state index is 0.0819. The second-order valence-corrected chi connectivity index (χ2v) is 4.29. The zero-order valence-electron chi connectivity index (χ0n) is 9.63. The van der Waals surface area contributed by atoms with Crippen molar-refractivity contribution >= 4 is 17.5 Å². The van der Waals surface area contributed by atoms with Crippen LogP contribution >= 0.6 is 11.6 Å². The predicted molar refractivity (Wildman–Crippen MR) is 67.8 cm³/mol. The monoisotopic (exact) mass is 239 g/mol. The van der Waals surface area contributed by atoms with Gasteiger partial charge in [-0.3, -0.25) is 4.79 Å². The van der Waals surface area contributed by atoms with Crippen molar-refractivity contribution in [1.29, 1.82) is 0 Å². The summed E-state index contributed by atoms with van der Waals surface area (Å²) in [5, 5.41) is 2.88. The summed E-state index contributed by atoms with van der Waals surface area (Å²) in [5.74, 6) is 0.742. The average Bonchev–Trinajstić information content (AvgIpc) is 2.28. The molecule has 1 aromatic carbocycles. The van der Waals surface area contributed by atoms with Gasteiger partial charge >= 0.3 is 0 Å². The number of halogens is 1. The van der Waals surface area contributed by atoms with Crippen LogP contribution in [-0.2, 0) is 11.2 Å². The Labute approximate surface area is 102 Å². The summed E-state index contributed by atoms with van der Waals surface area (Å²) in [6.45, 7) is 2.76. The van der Waals surface area contributed by atoms with Crippen LogP contribution < -0.4 is 5.32 Å². The van der Waals surface area contributed by atoms with Crippen molar-refractivity contribution < 1.29 is 4.79 Å². The number of nitrogens with one attached hydrogen (secondary N) is 1. The molecule has 0 heterocycles. The first kappa shape index (κ1) is 13.0. The summed E-state index contributed by atoms with van der Waals surface area (Å²) in [5.41, 5.74) is 2.27. The molecule has 16 heavy (non-hydrogen) atoms. The molecule has 2 nitrogen and oxygen atoms in total.